The Hall–Kier alpha value is -2.04. The van der Waals surface area contributed by atoms with Crippen molar-refractivity contribution in [3.05, 3.63) is 29.8 Å². The first-order valence-corrected chi connectivity index (χ1v) is 7.68. The van der Waals surface area contributed by atoms with E-state index in [-0.39, 0.29) is 11.9 Å². The predicted octanol–water partition coefficient (Wildman–Crippen LogP) is 2.34. The van der Waals surface area contributed by atoms with E-state index in [0.717, 1.165) is 17.7 Å². The van der Waals surface area contributed by atoms with Crippen LogP contribution in [0.4, 0.5) is 0 Å². The quantitative estimate of drug-likeness (QED) is 0.906. The van der Waals surface area contributed by atoms with Gasteiger partial charge in [0.25, 0.3) is 0 Å². The lowest BCUT2D eigenvalue weighted by molar-refractivity contribution is -0.149. The van der Waals surface area contributed by atoms with Crippen molar-refractivity contribution in [2.45, 2.75) is 38.6 Å². The molecule has 1 heterocycles. The van der Waals surface area contributed by atoms with E-state index in [4.69, 9.17) is 4.74 Å². The van der Waals surface area contributed by atoms with Crippen LogP contribution in [0.2, 0.25) is 0 Å². The lowest BCUT2D eigenvalue weighted by Gasteiger charge is -2.37. The summed E-state index contributed by atoms with van der Waals surface area (Å²) in [4.78, 5) is 25.4. The number of carboxylic acid groups (broad SMARTS) is 1. The Balaban J connectivity index is 1.98. The van der Waals surface area contributed by atoms with Crippen LogP contribution in [0.25, 0.3) is 0 Å². The summed E-state index contributed by atoms with van der Waals surface area (Å²) < 4.78 is 5.29. The number of ether oxygens (including phenoxy) is 1. The van der Waals surface area contributed by atoms with E-state index in [2.05, 4.69) is 0 Å². The van der Waals surface area contributed by atoms with Gasteiger partial charge < -0.3 is 14.7 Å². The maximum absolute atomic E-state index is 12.4. The van der Waals surface area contributed by atoms with Gasteiger partial charge in [-0.3, -0.25) is 9.59 Å². The maximum Gasteiger partial charge on any atom is 0.308 e. The minimum atomic E-state index is -0.810. The Bertz CT molecular complexity index is 543. The van der Waals surface area contributed by atoms with Crippen LogP contribution >= 0.6 is 0 Å². The number of amides is 1. The Morgan fingerprint density at radius 1 is 1.36 bits per heavy atom. The smallest absolute Gasteiger partial charge is 0.308 e. The molecule has 0 unspecified atom stereocenters. The van der Waals surface area contributed by atoms with Gasteiger partial charge in [0, 0.05) is 19.0 Å². The minimum absolute atomic E-state index is 0.0179. The second-order valence-corrected chi connectivity index (χ2v) is 5.73. The third-order valence-electron chi connectivity index (χ3n) is 4.43. The van der Waals surface area contributed by atoms with Crippen molar-refractivity contribution in [2.75, 3.05) is 13.7 Å². The van der Waals surface area contributed by atoms with E-state index >= 15 is 0 Å². The van der Waals surface area contributed by atoms with Crippen molar-refractivity contribution in [2.24, 2.45) is 5.92 Å². The summed E-state index contributed by atoms with van der Waals surface area (Å²) in [6.07, 6.45) is 2.37. The number of methoxy groups -OCH3 is 1. The molecular weight excluding hydrogens is 282 g/mol. The molecule has 1 amide bonds. The van der Waals surface area contributed by atoms with Crippen LogP contribution in [-0.2, 0) is 16.0 Å². The van der Waals surface area contributed by atoms with Crippen LogP contribution in [0.15, 0.2) is 24.3 Å². The summed E-state index contributed by atoms with van der Waals surface area (Å²) >= 11 is 0. The number of aryl methyl sites for hydroxylation is 1. The lowest BCUT2D eigenvalue weighted by Crippen LogP contribution is -2.49. The van der Waals surface area contributed by atoms with Gasteiger partial charge in [-0.2, -0.15) is 0 Å². The topological polar surface area (TPSA) is 66.8 Å². The number of para-hydroxylation sites is 1. The molecule has 0 spiro atoms. The molecule has 1 N–H and O–H groups in total. The van der Waals surface area contributed by atoms with Crippen molar-refractivity contribution in [1.82, 2.24) is 4.90 Å². The highest BCUT2D eigenvalue weighted by molar-refractivity contribution is 5.79. The van der Waals surface area contributed by atoms with E-state index < -0.39 is 11.9 Å². The van der Waals surface area contributed by atoms with Crippen LogP contribution in [0.5, 0.6) is 5.75 Å². The zero-order valence-electron chi connectivity index (χ0n) is 13.1. The maximum atomic E-state index is 12.4. The van der Waals surface area contributed by atoms with Crippen LogP contribution in [0, 0.1) is 5.92 Å². The zero-order valence-corrected chi connectivity index (χ0v) is 13.1. The molecule has 1 aliphatic heterocycles. The molecule has 0 saturated carbocycles. The summed E-state index contributed by atoms with van der Waals surface area (Å²) in [7, 11) is 1.62. The summed E-state index contributed by atoms with van der Waals surface area (Å²) in [6.45, 7) is 2.48. The number of rotatable bonds is 5. The second-order valence-electron chi connectivity index (χ2n) is 5.73. The molecule has 120 valence electrons. The summed E-state index contributed by atoms with van der Waals surface area (Å²) in [5.41, 5.74) is 0.998. The molecule has 1 aliphatic rings. The molecule has 1 aromatic carbocycles. The summed E-state index contributed by atoms with van der Waals surface area (Å²) in [5, 5.41) is 9.23. The number of hydrogen-bond donors (Lipinski definition) is 1. The molecule has 2 rings (SSSR count). The molecule has 1 fully saturated rings. The number of aliphatic carboxylic acids is 1. The number of hydrogen-bond acceptors (Lipinski definition) is 3. The lowest BCUT2D eigenvalue weighted by atomic mass is 9.90. The fraction of sp³-hybridized carbons (Fsp3) is 0.529. The van der Waals surface area contributed by atoms with Gasteiger partial charge in [-0.05, 0) is 37.8 Å². The summed E-state index contributed by atoms with van der Waals surface area (Å²) in [6, 6.07) is 7.41. The van der Waals surface area contributed by atoms with E-state index in [0.29, 0.717) is 25.8 Å². The van der Waals surface area contributed by atoms with Crippen LogP contribution in [-0.4, -0.2) is 41.6 Å². The first-order chi connectivity index (χ1) is 10.5. The first-order valence-electron chi connectivity index (χ1n) is 7.68. The third-order valence-corrected chi connectivity index (χ3v) is 4.43. The third kappa shape index (κ3) is 3.59. The number of carboxylic acids is 1. The standard InChI is InChI=1S/C17H23NO4/c1-12-14(17(20)21)7-5-11-18(12)16(19)10-9-13-6-3-4-8-15(13)22-2/h3-4,6,8,12,14H,5,7,9-11H2,1-2H3,(H,20,21)/t12-,14-/m0/s1. The Morgan fingerprint density at radius 3 is 2.77 bits per heavy atom. The fourth-order valence-corrected chi connectivity index (χ4v) is 3.12. The fourth-order valence-electron chi connectivity index (χ4n) is 3.12. The molecule has 1 saturated heterocycles. The van der Waals surface area contributed by atoms with Crippen molar-refractivity contribution in [3.63, 3.8) is 0 Å². The molecule has 0 radical (unpaired) electrons. The molecule has 2 atom stereocenters. The highest BCUT2D eigenvalue weighted by Gasteiger charge is 2.34. The molecule has 0 aliphatic carbocycles. The zero-order chi connectivity index (χ0) is 16.1. The van der Waals surface area contributed by atoms with Gasteiger partial charge >= 0.3 is 5.97 Å². The van der Waals surface area contributed by atoms with Crippen molar-refractivity contribution in [1.29, 1.82) is 0 Å². The van der Waals surface area contributed by atoms with E-state index in [1.165, 1.54) is 0 Å². The normalized spacial score (nSPS) is 21.5. The molecule has 5 heteroatoms. The first kappa shape index (κ1) is 16.3. The van der Waals surface area contributed by atoms with Gasteiger partial charge in [-0.25, -0.2) is 0 Å². The Labute approximate surface area is 130 Å². The van der Waals surface area contributed by atoms with Crippen LogP contribution < -0.4 is 4.74 Å². The number of benzene rings is 1. The van der Waals surface area contributed by atoms with Gasteiger partial charge in [-0.15, -0.1) is 0 Å². The second kappa shape index (κ2) is 7.29. The Morgan fingerprint density at radius 2 is 2.09 bits per heavy atom. The van der Waals surface area contributed by atoms with Crippen molar-refractivity contribution in [3.8, 4) is 5.75 Å². The van der Waals surface area contributed by atoms with Crippen LogP contribution in [0.1, 0.15) is 31.7 Å². The highest BCUT2D eigenvalue weighted by atomic mass is 16.5. The monoisotopic (exact) mass is 305 g/mol. The Kier molecular flexibility index (Phi) is 5.41. The van der Waals surface area contributed by atoms with Crippen molar-refractivity contribution < 1.29 is 19.4 Å². The average molecular weight is 305 g/mol. The van der Waals surface area contributed by atoms with Crippen molar-refractivity contribution >= 4 is 11.9 Å². The minimum Gasteiger partial charge on any atom is -0.496 e. The summed E-state index contributed by atoms with van der Waals surface area (Å²) in [5.74, 6) is -0.464. The largest absolute Gasteiger partial charge is 0.496 e. The number of carbonyl (C=O) groups is 2. The highest BCUT2D eigenvalue weighted by Crippen LogP contribution is 2.25. The molecular formula is C17H23NO4. The number of likely N-dealkylation sites (tertiary alicyclic amines) is 1. The van der Waals surface area contributed by atoms with E-state index in [1.807, 2.05) is 31.2 Å². The average Bonchev–Trinajstić information content (AvgIpc) is 2.52. The SMILES string of the molecule is COc1ccccc1CCC(=O)N1CCC[C@H](C(=O)O)[C@@H]1C. The van der Waals surface area contributed by atoms with Gasteiger partial charge in [0.15, 0.2) is 0 Å². The van der Waals surface area contributed by atoms with E-state index in [9.17, 15) is 14.7 Å². The molecule has 0 aromatic heterocycles. The van der Waals surface area contributed by atoms with E-state index in [1.54, 1.807) is 12.0 Å². The van der Waals surface area contributed by atoms with Gasteiger partial charge in [-0.1, -0.05) is 18.2 Å². The number of piperidine rings is 1. The van der Waals surface area contributed by atoms with Gasteiger partial charge in [0.05, 0.1) is 13.0 Å². The van der Waals surface area contributed by atoms with Gasteiger partial charge in [0.2, 0.25) is 5.91 Å². The molecule has 5 nitrogen and oxygen atoms in total. The van der Waals surface area contributed by atoms with Gasteiger partial charge in [0.1, 0.15) is 5.75 Å². The predicted molar refractivity (Wildman–Crippen MR) is 82.8 cm³/mol. The van der Waals surface area contributed by atoms with Crippen LogP contribution in [0.3, 0.4) is 0 Å². The number of nitrogens with zero attached hydrogens (tertiary/aromatic N) is 1. The molecule has 0 bridgehead atoms. The molecule has 1 aromatic rings. The molecule has 22 heavy (non-hydrogen) atoms. The number of carbonyl (C=O) groups excluding carboxylic acids is 1.